The minimum absolute atomic E-state index is 0.0378. The lowest BCUT2D eigenvalue weighted by Gasteiger charge is -2.17. The van der Waals surface area contributed by atoms with E-state index in [0.29, 0.717) is 18.1 Å². The first-order valence-corrected chi connectivity index (χ1v) is 7.14. The molecule has 2 nitrogen and oxygen atoms in total. The second kappa shape index (κ2) is 5.46. The van der Waals surface area contributed by atoms with Gasteiger partial charge in [-0.2, -0.15) is 0 Å². The zero-order valence-electron chi connectivity index (χ0n) is 12.6. The second-order valence-corrected chi connectivity index (χ2v) is 6.07. The van der Waals surface area contributed by atoms with Gasteiger partial charge in [0.25, 0.3) is 0 Å². The van der Waals surface area contributed by atoms with E-state index in [-0.39, 0.29) is 18.1 Å². The normalized spacial score (nSPS) is 30.6. The summed E-state index contributed by atoms with van der Waals surface area (Å²) in [7, 11) is 0. The molecule has 1 saturated heterocycles. The molecule has 1 aromatic rings. The van der Waals surface area contributed by atoms with Gasteiger partial charge in [0.1, 0.15) is 5.78 Å². The Kier molecular flexibility index (Phi) is 4.10. The number of rotatable bonds is 3. The molecule has 4 unspecified atom stereocenters. The highest BCUT2D eigenvalue weighted by Crippen LogP contribution is 2.33. The molecule has 2 heteroatoms. The number of aryl methyl sites for hydroxylation is 2. The Bertz CT molecular complexity index is 458. The van der Waals surface area contributed by atoms with Crippen LogP contribution in [-0.4, -0.2) is 18.0 Å². The molecule has 0 amide bonds. The van der Waals surface area contributed by atoms with Gasteiger partial charge in [0.2, 0.25) is 0 Å². The number of benzene rings is 1. The largest absolute Gasteiger partial charge is 0.375 e. The molecule has 0 spiro atoms. The van der Waals surface area contributed by atoms with Crippen molar-refractivity contribution in [1.82, 2.24) is 0 Å². The molecule has 1 aliphatic heterocycles. The fourth-order valence-corrected chi connectivity index (χ4v) is 3.31. The number of hydrogen-bond donors (Lipinski definition) is 0. The van der Waals surface area contributed by atoms with Gasteiger partial charge >= 0.3 is 0 Å². The Morgan fingerprint density at radius 2 is 1.63 bits per heavy atom. The molecule has 1 aromatic carbocycles. The van der Waals surface area contributed by atoms with Crippen LogP contribution in [0, 0.1) is 25.7 Å². The van der Waals surface area contributed by atoms with Gasteiger partial charge in [-0.15, -0.1) is 0 Å². The molecule has 0 saturated carbocycles. The lowest BCUT2D eigenvalue weighted by Crippen LogP contribution is -2.28. The van der Waals surface area contributed by atoms with Gasteiger partial charge in [-0.3, -0.25) is 4.79 Å². The Labute approximate surface area is 116 Å². The summed E-state index contributed by atoms with van der Waals surface area (Å²) in [5.74, 6) is 0.665. The number of hydrogen-bond acceptors (Lipinski definition) is 2. The number of carbonyl (C=O) groups is 1. The van der Waals surface area contributed by atoms with Crippen LogP contribution in [-0.2, 0) is 16.0 Å². The van der Waals surface area contributed by atoms with E-state index in [4.69, 9.17) is 4.74 Å². The molecule has 1 fully saturated rings. The van der Waals surface area contributed by atoms with Crippen molar-refractivity contribution < 1.29 is 9.53 Å². The summed E-state index contributed by atoms with van der Waals surface area (Å²) >= 11 is 0. The highest BCUT2D eigenvalue weighted by Gasteiger charge is 2.40. The number of ketones is 1. The van der Waals surface area contributed by atoms with Crippen molar-refractivity contribution in [3.05, 3.63) is 34.9 Å². The SMILES string of the molecule is Cc1cc(C)cc(CC(=O)C2C(C)OC(C)C2C)c1. The zero-order valence-corrected chi connectivity index (χ0v) is 12.6. The maximum absolute atomic E-state index is 12.5. The quantitative estimate of drug-likeness (QED) is 0.831. The van der Waals surface area contributed by atoms with Gasteiger partial charge in [0.15, 0.2) is 0 Å². The molecule has 1 aliphatic rings. The molecule has 104 valence electrons. The van der Waals surface area contributed by atoms with Gasteiger partial charge < -0.3 is 4.74 Å². The van der Waals surface area contributed by atoms with Crippen molar-refractivity contribution in [3.63, 3.8) is 0 Å². The molecule has 0 N–H and O–H groups in total. The fraction of sp³-hybridized carbons (Fsp3) is 0.588. The van der Waals surface area contributed by atoms with Crippen molar-refractivity contribution in [2.75, 3.05) is 0 Å². The molecule has 1 heterocycles. The summed E-state index contributed by atoms with van der Waals surface area (Å²) in [6, 6.07) is 6.36. The monoisotopic (exact) mass is 260 g/mol. The summed E-state index contributed by atoms with van der Waals surface area (Å²) in [4.78, 5) is 12.5. The van der Waals surface area contributed by atoms with Gasteiger partial charge in [-0.1, -0.05) is 36.2 Å². The summed E-state index contributed by atoms with van der Waals surface area (Å²) in [5, 5.41) is 0. The third-order valence-corrected chi connectivity index (χ3v) is 4.27. The first-order chi connectivity index (χ1) is 8.88. The predicted octanol–water partition coefficient (Wildman–Crippen LogP) is 3.47. The summed E-state index contributed by atoms with van der Waals surface area (Å²) < 4.78 is 5.77. The van der Waals surface area contributed by atoms with Crippen molar-refractivity contribution in [3.8, 4) is 0 Å². The summed E-state index contributed by atoms with van der Waals surface area (Å²) in [6.07, 6.45) is 0.754. The maximum Gasteiger partial charge on any atom is 0.143 e. The van der Waals surface area contributed by atoms with E-state index in [1.165, 1.54) is 11.1 Å². The van der Waals surface area contributed by atoms with Crippen LogP contribution >= 0.6 is 0 Å². The number of ether oxygens (including phenoxy) is 1. The molecule has 19 heavy (non-hydrogen) atoms. The number of Topliss-reactive ketones (excluding diaryl/α,β-unsaturated/α-hetero) is 1. The zero-order chi connectivity index (χ0) is 14.2. The van der Waals surface area contributed by atoms with Crippen LogP contribution in [0.4, 0.5) is 0 Å². The standard InChI is InChI=1S/C17H24O2/c1-10-6-11(2)8-15(7-10)9-16(18)17-12(3)13(4)19-14(17)5/h6-8,12-14,17H,9H2,1-5H3. The van der Waals surface area contributed by atoms with Crippen LogP contribution in [0.5, 0.6) is 0 Å². The van der Waals surface area contributed by atoms with E-state index < -0.39 is 0 Å². The van der Waals surface area contributed by atoms with Crippen LogP contribution in [0.15, 0.2) is 18.2 Å². The maximum atomic E-state index is 12.5. The van der Waals surface area contributed by atoms with Crippen LogP contribution in [0.1, 0.15) is 37.5 Å². The van der Waals surface area contributed by atoms with Crippen molar-refractivity contribution in [1.29, 1.82) is 0 Å². The number of carbonyl (C=O) groups excluding carboxylic acids is 1. The molecular weight excluding hydrogens is 236 g/mol. The second-order valence-electron chi connectivity index (χ2n) is 6.07. The lowest BCUT2D eigenvalue weighted by atomic mass is 9.83. The van der Waals surface area contributed by atoms with E-state index in [0.717, 1.165) is 5.56 Å². The minimum atomic E-state index is 0.0378. The third-order valence-electron chi connectivity index (χ3n) is 4.27. The molecule has 2 rings (SSSR count). The fourth-order valence-electron chi connectivity index (χ4n) is 3.31. The van der Waals surface area contributed by atoms with E-state index in [1.54, 1.807) is 0 Å². The molecule has 0 aromatic heterocycles. The highest BCUT2D eigenvalue weighted by atomic mass is 16.5. The van der Waals surface area contributed by atoms with Gasteiger partial charge in [-0.05, 0) is 39.2 Å². The van der Waals surface area contributed by atoms with Gasteiger partial charge in [0.05, 0.1) is 12.2 Å². The molecule has 0 bridgehead atoms. The van der Waals surface area contributed by atoms with Crippen molar-refractivity contribution >= 4 is 5.78 Å². The molecule has 0 aliphatic carbocycles. The first kappa shape index (κ1) is 14.3. The third kappa shape index (κ3) is 3.06. The van der Waals surface area contributed by atoms with Crippen LogP contribution in [0.2, 0.25) is 0 Å². The van der Waals surface area contributed by atoms with E-state index in [1.807, 2.05) is 6.92 Å². The van der Waals surface area contributed by atoms with E-state index in [2.05, 4.69) is 45.9 Å². The first-order valence-electron chi connectivity index (χ1n) is 7.14. The Hall–Kier alpha value is -1.15. The minimum Gasteiger partial charge on any atom is -0.375 e. The molecule has 4 atom stereocenters. The topological polar surface area (TPSA) is 26.3 Å². The summed E-state index contributed by atoms with van der Waals surface area (Å²) in [5.41, 5.74) is 3.57. The lowest BCUT2D eigenvalue weighted by molar-refractivity contribution is -0.124. The van der Waals surface area contributed by atoms with E-state index in [9.17, 15) is 4.79 Å². The Morgan fingerprint density at radius 3 is 2.11 bits per heavy atom. The predicted molar refractivity (Wildman–Crippen MR) is 77.3 cm³/mol. The average Bonchev–Trinajstić information content (AvgIpc) is 2.51. The Morgan fingerprint density at radius 1 is 1.05 bits per heavy atom. The van der Waals surface area contributed by atoms with Crippen molar-refractivity contribution in [2.45, 2.75) is 53.2 Å². The highest BCUT2D eigenvalue weighted by molar-refractivity contribution is 5.84. The smallest absolute Gasteiger partial charge is 0.143 e. The average molecular weight is 260 g/mol. The van der Waals surface area contributed by atoms with Gasteiger partial charge in [0, 0.05) is 12.3 Å². The van der Waals surface area contributed by atoms with Crippen LogP contribution in [0.25, 0.3) is 0 Å². The van der Waals surface area contributed by atoms with Crippen LogP contribution in [0.3, 0.4) is 0 Å². The van der Waals surface area contributed by atoms with Crippen molar-refractivity contribution in [2.24, 2.45) is 11.8 Å². The molecule has 0 radical (unpaired) electrons. The van der Waals surface area contributed by atoms with Crippen LogP contribution < -0.4 is 0 Å². The van der Waals surface area contributed by atoms with E-state index >= 15 is 0 Å². The molecular formula is C17H24O2. The summed E-state index contributed by atoms with van der Waals surface area (Å²) in [6.45, 7) is 10.4. The Balaban J connectivity index is 2.13. The van der Waals surface area contributed by atoms with Gasteiger partial charge in [-0.25, -0.2) is 0 Å².